The van der Waals surface area contributed by atoms with Gasteiger partial charge in [0.1, 0.15) is 0 Å². The summed E-state index contributed by atoms with van der Waals surface area (Å²) in [5, 5.41) is 11.3. The van der Waals surface area contributed by atoms with Crippen LogP contribution in [0.5, 0.6) is 0 Å². The van der Waals surface area contributed by atoms with Crippen LogP contribution in [0, 0.1) is 17.0 Å². The van der Waals surface area contributed by atoms with Crippen molar-refractivity contribution in [2.24, 2.45) is 0 Å². The second-order valence-corrected chi connectivity index (χ2v) is 3.68. The van der Waals surface area contributed by atoms with Crippen LogP contribution < -0.4 is 0 Å². The van der Waals surface area contributed by atoms with Crippen LogP contribution in [0.4, 0.5) is 5.69 Å². The Morgan fingerprint density at radius 3 is 2.69 bits per heavy atom. The molecule has 0 spiro atoms. The minimum absolute atomic E-state index is 0.0334. The van der Waals surface area contributed by atoms with Crippen molar-refractivity contribution in [2.75, 3.05) is 0 Å². The molecular weight excluding hydrogens is 208 g/mol. The number of carbonyl (C=O) groups is 1. The number of rotatable bonds is 1. The molecule has 0 atom stereocenters. The monoisotopic (exact) mass is 218 g/mol. The summed E-state index contributed by atoms with van der Waals surface area (Å²) in [6.07, 6.45) is 1.27. The molecule has 0 radical (unpaired) electrons. The Hall–Kier alpha value is -2.17. The Kier molecular flexibility index (Phi) is 2.23. The molecule has 1 aromatic carbocycles. The molecule has 16 heavy (non-hydrogen) atoms. The van der Waals surface area contributed by atoms with Crippen LogP contribution in [0.3, 0.4) is 0 Å². The summed E-state index contributed by atoms with van der Waals surface area (Å²) in [4.78, 5) is 21.7. The zero-order valence-electron chi connectivity index (χ0n) is 8.93. The third-order valence-corrected chi connectivity index (χ3v) is 2.47. The number of hydrogen-bond donors (Lipinski definition) is 0. The van der Waals surface area contributed by atoms with E-state index in [0.29, 0.717) is 10.9 Å². The Bertz CT molecular complexity index is 599. The van der Waals surface area contributed by atoms with Gasteiger partial charge in [0.2, 0.25) is 5.91 Å². The lowest BCUT2D eigenvalue weighted by Gasteiger charge is -1.97. The van der Waals surface area contributed by atoms with Gasteiger partial charge in [0.15, 0.2) is 0 Å². The van der Waals surface area contributed by atoms with Crippen molar-refractivity contribution in [3.63, 3.8) is 0 Å². The van der Waals surface area contributed by atoms with Gasteiger partial charge in [-0.05, 0) is 19.1 Å². The van der Waals surface area contributed by atoms with Crippen molar-refractivity contribution in [1.29, 1.82) is 0 Å². The highest BCUT2D eigenvalue weighted by Gasteiger charge is 2.18. The molecule has 0 fully saturated rings. The molecule has 2 rings (SSSR count). The SMILES string of the molecule is CC(=O)n1cc([N+](=O)[O-])c2cc(C)ccc21. The first kappa shape index (κ1) is 10.4. The first-order chi connectivity index (χ1) is 7.50. The van der Waals surface area contributed by atoms with Gasteiger partial charge in [-0.2, -0.15) is 0 Å². The summed E-state index contributed by atoms with van der Waals surface area (Å²) in [6.45, 7) is 3.23. The van der Waals surface area contributed by atoms with E-state index in [9.17, 15) is 14.9 Å². The maximum Gasteiger partial charge on any atom is 0.295 e. The van der Waals surface area contributed by atoms with Crippen molar-refractivity contribution in [3.8, 4) is 0 Å². The van der Waals surface area contributed by atoms with E-state index >= 15 is 0 Å². The fourth-order valence-corrected chi connectivity index (χ4v) is 1.73. The second-order valence-electron chi connectivity index (χ2n) is 3.68. The Morgan fingerprint density at radius 1 is 1.44 bits per heavy atom. The molecule has 0 aliphatic rings. The summed E-state index contributed by atoms with van der Waals surface area (Å²) < 4.78 is 1.30. The molecule has 1 aromatic heterocycles. The molecule has 0 N–H and O–H groups in total. The minimum Gasteiger partial charge on any atom is -0.280 e. The van der Waals surface area contributed by atoms with E-state index in [1.807, 2.05) is 13.0 Å². The van der Waals surface area contributed by atoms with Crippen LogP contribution >= 0.6 is 0 Å². The molecule has 0 bridgehead atoms. The van der Waals surface area contributed by atoms with Gasteiger partial charge in [-0.1, -0.05) is 11.6 Å². The number of aromatic nitrogens is 1. The van der Waals surface area contributed by atoms with Gasteiger partial charge in [-0.3, -0.25) is 19.5 Å². The van der Waals surface area contributed by atoms with Crippen molar-refractivity contribution in [3.05, 3.63) is 40.1 Å². The topological polar surface area (TPSA) is 65.1 Å². The van der Waals surface area contributed by atoms with Crippen LogP contribution in [-0.4, -0.2) is 15.4 Å². The molecule has 0 saturated carbocycles. The number of nitro groups is 1. The van der Waals surface area contributed by atoms with Crippen LogP contribution in [0.1, 0.15) is 17.3 Å². The fourth-order valence-electron chi connectivity index (χ4n) is 1.73. The molecule has 0 saturated heterocycles. The van der Waals surface area contributed by atoms with E-state index in [1.54, 1.807) is 12.1 Å². The third-order valence-electron chi connectivity index (χ3n) is 2.47. The average molecular weight is 218 g/mol. The summed E-state index contributed by atoms with van der Waals surface area (Å²) in [7, 11) is 0. The van der Waals surface area contributed by atoms with Gasteiger partial charge in [-0.25, -0.2) is 0 Å². The molecule has 0 aliphatic carbocycles. The number of fused-ring (bicyclic) bond motifs is 1. The zero-order valence-corrected chi connectivity index (χ0v) is 8.93. The van der Waals surface area contributed by atoms with Crippen LogP contribution in [-0.2, 0) is 0 Å². The maximum absolute atomic E-state index is 11.3. The highest BCUT2D eigenvalue weighted by Crippen LogP contribution is 2.28. The standard InChI is InChI=1S/C11H10N2O3/c1-7-3-4-10-9(5-7)11(13(15)16)6-12(10)8(2)14/h3-6H,1-2H3. The average Bonchev–Trinajstić information content (AvgIpc) is 2.56. The predicted molar refractivity (Wildman–Crippen MR) is 59.6 cm³/mol. The number of nitrogens with zero attached hydrogens (tertiary/aromatic N) is 2. The molecule has 0 amide bonds. The van der Waals surface area contributed by atoms with E-state index in [4.69, 9.17) is 0 Å². The van der Waals surface area contributed by atoms with Gasteiger partial charge in [0.05, 0.1) is 22.0 Å². The van der Waals surface area contributed by atoms with Crippen LogP contribution in [0.15, 0.2) is 24.4 Å². The van der Waals surface area contributed by atoms with Crippen LogP contribution in [0.25, 0.3) is 10.9 Å². The Balaban J connectivity index is 2.87. The maximum atomic E-state index is 11.3. The second kappa shape index (κ2) is 3.44. The fraction of sp³-hybridized carbons (Fsp3) is 0.182. The van der Waals surface area contributed by atoms with Crippen molar-refractivity contribution in [2.45, 2.75) is 13.8 Å². The molecule has 0 aliphatic heterocycles. The Morgan fingerprint density at radius 2 is 2.12 bits per heavy atom. The van der Waals surface area contributed by atoms with E-state index < -0.39 is 4.92 Å². The first-order valence-electron chi connectivity index (χ1n) is 4.78. The smallest absolute Gasteiger partial charge is 0.280 e. The molecule has 5 nitrogen and oxygen atoms in total. The van der Waals surface area contributed by atoms with E-state index in [1.165, 1.54) is 17.7 Å². The molecule has 0 unspecified atom stereocenters. The van der Waals surface area contributed by atoms with Crippen LogP contribution in [0.2, 0.25) is 0 Å². The molecule has 5 heteroatoms. The van der Waals surface area contributed by atoms with E-state index in [0.717, 1.165) is 5.56 Å². The minimum atomic E-state index is -0.471. The van der Waals surface area contributed by atoms with Crippen molar-refractivity contribution in [1.82, 2.24) is 4.57 Å². The normalized spacial score (nSPS) is 10.6. The predicted octanol–water partition coefficient (Wildman–Crippen LogP) is 2.52. The van der Waals surface area contributed by atoms with Crippen molar-refractivity contribution < 1.29 is 9.72 Å². The summed E-state index contributed by atoms with van der Waals surface area (Å²) in [6, 6.07) is 5.26. The lowest BCUT2D eigenvalue weighted by Crippen LogP contribution is -2.02. The third kappa shape index (κ3) is 1.46. The molecule has 2 aromatic rings. The van der Waals surface area contributed by atoms with Gasteiger partial charge < -0.3 is 0 Å². The summed E-state index contributed by atoms with van der Waals surface area (Å²) >= 11 is 0. The van der Waals surface area contributed by atoms with Crippen molar-refractivity contribution >= 4 is 22.5 Å². The lowest BCUT2D eigenvalue weighted by atomic mass is 10.1. The number of benzene rings is 1. The summed E-state index contributed by atoms with van der Waals surface area (Å²) in [5.41, 5.74) is 1.47. The van der Waals surface area contributed by atoms with Gasteiger partial charge >= 0.3 is 0 Å². The van der Waals surface area contributed by atoms with Gasteiger partial charge in [0.25, 0.3) is 5.69 Å². The number of aryl methyl sites for hydroxylation is 1. The largest absolute Gasteiger partial charge is 0.295 e. The molecule has 82 valence electrons. The zero-order chi connectivity index (χ0) is 11.9. The van der Waals surface area contributed by atoms with Gasteiger partial charge in [0, 0.05) is 6.92 Å². The summed E-state index contributed by atoms with van der Waals surface area (Å²) in [5.74, 6) is -0.234. The first-order valence-corrected chi connectivity index (χ1v) is 4.78. The highest BCUT2D eigenvalue weighted by atomic mass is 16.6. The number of carbonyl (C=O) groups excluding carboxylic acids is 1. The Labute approximate surface area is 91.4 Å². The van der Waals surface area contributed by atoms with Gasteiger partial charge in [-0.15, -0.1) is 0 Å². The van der Waals surface area contributed by atoms with E-state index in [2.05, 4.69) is 0 Å². The highest BCUT2D eigenvalue weighted by molar-refractivity contribution is 5.97. The quantitative estimate of drug-likeness (QED) is 0.545. The molecular formula is C11H10N2O3. The van der Waals surface area contributed by atoms with E-state index in [-0.39, 0.29) is 11.6 Å². The number of hydrogen-bond acceptors (Lipinski definition) is 3. The lowest BCUT2D eigenvalue weighted by molar-refractivity contribution is -0.383. The molecule has 1 heterocycles.